The minimum Gasteiger partial charge on any atom is -0.469 e. The van der Waals surface area contributed by atoms with E-state index < -0.39 is 28.7 Å². The van der Waals surface area contributed by atoms with Gasteiger partial charge in [0.15, 0.2) is 5.69 Å². The fourth-order valence-electron chi connectivity index (χ4n) is 1.25. The molecule has 1 heterocycles. The number of pyridine rings is 1. The number of ether oxygens (including phenoxy) is 1. The van der Waals surface area contributed by atoms with E-state index >= 15 is 0 Å². The van der Waals surface area contributed by atoms with Crippen LogP contribution in [-0.4, -0.2) is 23.0 Å². The van der Waals surface area contributed by atoms with E-state index in [1.807, 2.05) is 0 Å². The number of rotatable bonds is 4. The minimum atomic E-state index is -3.13. The summed E-state index contributed by atoms with van der Waals surface area (Å²) >= 11 is 0. The van der Waals surface area contributed by atoms with Crippen LogP contribution < -0.4 is 5.73 Å². The molecule has 1 aromatic rings. The van der Waals surface area contributed by atoms with Crippen LogP contribution in [0.4, 0.5) is 20.3 Å². The van der Waals surface area contributed by atoms with Gasteiger partial charge in [0.2, 0.25) is 0 Å². The summed E-state index contributed by atoms with van der Waals surface area (Å²) in [5.74, 6) is -1.07. The summed E-state index contributed by atoms with van der Waals surface area (Å²) in [5, 5.41) is 10.6. The van der Waals surface area contributed by atoms with Crippen molar-refractivity contribution >= 4 is 17.5 Å². The standard InChI is InChI=1S/C9H9F2N3O4/c1-18-6(15)3-4-2-5(14(16)17)7(8(10)11)13-9(4)12/h2,8H,3H2,1H3,(H2,12,13). The lowest BCUT2D eigenvalue weighted by Crippen LogP contribution is -2.11. The van der Waals surface area contributed by atoms with Gasteiger partial charge >= 0.3 is 5.97 Å². The summed E-state index contributed by atoms with van der Waals surface area (Å²) in [6, 6.07) is 0.806. The fourth-order valence-corrected chi connectivity index (χ4v) is 1.25. The zero-order chi connectivity index (χ0) is 13.9. The zero-order valence-electron chi connectivity index (χ0n) is 9.22. The Hall–Kier alpha value is -2.32. The van der Waals surface area contributed by atoms with Crippen molar-refractivity contribution in [3.05, 3.63) is 27.4 Å². The third-order valence-electron chi connectivity index (χ3n) is 2.11. The lowest BCUT2D eigenvalue weighted by molar-refractivity contribution is -0.386. The van der Waals surface area contributed by atoms with Gasteiger partial charge in [0, 0.05) is 11.6 Å². The molecule has 1 rings (SSSR count). The molecule has 0 amide bonds. The number of nitrogens with two attached hydrogens (primary N) is 1. The third-order valence-corrected chi connectivity index (χ3v) is 2.11. The number of methoxy groups -OCH3 is 1. The SMILES string of the molecule is COC(=O)Cc1cc([N+](=O)[O-])c(C(F)F)nc1N. The van der Waals surface area contributed by atoms with Crippen LogP contribution >= 0.6 is 0 Å². The number of carbonyl (C=O) groups is 1. The lowest BCUT2D eigenvalue weighted by Gasteiger charge is -2.07. The lowest BCUT2D eigenvalue weighted by atomic mass is 10.1. The summed E-state index contributed by atoms with van der Waals surface area (Å²) in [5.41, 5.74) is 3.43. The first-order valence-electron chi connectivity index (χ1n) is 4.65. The van der Waals surface area contributed by atoms with Crippen LogP contribution in [0.25, 0.3) is 0 Å². The van der Waals surface area contributed by atoms with Gasteiger partial charge in [0.25, 0.3) is 12.1 Å². The first-order chi connectivity index (χ1) is 8.36. The minimum absolute atomic E-state index is 0.0297. The Labute approximate surface area is 99.7 Å². The van der Waals surface area contributed by atoms with Gasteiger partial charge in [-0.15, -0.1) is 0 Å². The smallest absolute Gasteiger partial charge is 0.310 e. The van der Waals surface area contributed by atoms with Gasteiger partial charge in [-0.25, -0.2) is 13.8 Å². The van der Waals surface area contributed by atoms with Crippen molar-refractivity contribution in [3.8, 4) is 0 Å². The Bertz CT molecular complexity index is 493. The molecule has 7 nitrogen and oxygen atoms in total. The van der Waals surface area contributed by atoms with E-state index in [0.29, 0.717) is 0 Å². The Morgan fingerprint density at radius 1 is 1.67 bits per heavy atom. The number of halogens is 2. The van der Waals surface area contributed by atoms with E-state index in [9.17, 15) is 23.7 Å². The quantitative estimate of drug-likeness (QED) is 0.496. The molecule has 0 aliphatic carbocycles. The molecule has 9 heteroatoms. The van der Waals surface area contributed by atoms with Gasteiger partial charge in [-0.1, -0.05) is 0 Å². The molecule has 0 bridgehead atoms. The average molecular weight is 261 g/mol. The molecule has 0 aliphatic heterocycles. The highest BCUT2D eigenvalue weighted by molar-refractivity contribution is 5.74. The largest absolute Gasteiger partial charge is 0.469 e. The molecule has 98 valence electrons. The van der Waals surface area contributed by atoms with E-state index in [1.165, 1.54) is 0 Å². The highest BCUT2D eigenvalue weighted by Crippen LogP contribution is 2.30. The number of anilines is 1. The number of nitrogens with zero attached hydrogens (tertiary/aromatic N) is 2. The highest BCUT2D eigenvalue weighted by Gasteiger charge is 2.26. The van der Waals surface area contributed by atoms with Crippen molar-refractivity contribution in [3.63, 3.8) is 0 Å². The molecular weight excluding hydrogens is 252 g/mol. The molecule has 18 heavy (non-hydrogen) atoms. The van der Waals surface area contributed by atoms with Gasteiger partial charge in [-0.3, -0.25) is 14.9 Å². The van der Waals surface area contributed by atoms with E-state index in [4.69, 9.17) is 5.73 Å². The first-order valence-corrected chi connectivity index (χ1v) is 4.65. The second-order valence-electron chi connectivity index (χ2n) is 3.25. The van der Waals surface area contributed by atoms with Gasteiger partial charge in [0.05, 0.1) is 18.5 Å². The highest BCUT2D eigenvalue weighted by atomic mass is 19.3. The summed E-state index contributed by atoms with van der Waals surface area (Å²) in [7, 11) is 1.12. The van der Waals surface area contributed by atoms with Crippen LogP contribution in [0.3, 0.4) is 0 Å². The topological polar surface area (TPSA) is 108 Å². The Morgan fingerprint density at radius 3 is 2.72 bits per heavy atom. The summed E-state index contributed by atoms with van der Waals surface area (Å²) in [4.78, 5) is 23.9. The second kappa shape index (κ2) is 5.34. The van der Waals surface area contributed by atoms with Gasteiger partial charge < -0.3 is 10.5 Å². The number of nitrogen functional groups attached to an aromatic ring is 1. The maximum Gasteiger partial charge on any atom is 0.310 e. The third kappa shape index (κ3) is 2.87. The first kappa shape index (κ1) is 13.7. The van der Waals surface area contributed by atoms with Crippen molar-refractivity contribution in [1.29, 1.82) is 0 Å². The van der Waals surface area contributed by atoms with E-state index in [-0.39, 0.29) is 17.8 Å². The molecule has 0 saturated heterocycles. The number of hydrogen-bond donors (Lipinski definition) is 1. The molecule has 0 aliphatic rings. The second-order valence-corrected chi connectivity index (χ2v) is 3.25. The van der Waals surface area contributed by atoms with E-state index in [1.54, 1.807) is 0 Å². The van der Waals surface area contributed by atoms with Crippen molar-refractivity contribution < 1.29 is 23.2 Å². The zero-order valence-corrected chi connectivity index (χ0v) is 9.22. The van der Waals surface area contributed by atoms with Crippen molar-refractivity contribution in [2.75, 3.05) is 12.8 Å². The molecule has 0 atom stereocenters. The number of carbonyl (C=O) groups excluding carboxylic acids is 1. The predicted molar refractivity (Wildman–Crippen MR) is 56.0 cm³/mol. The summed E-state index contributed by atoms with van der Waals surface area (Å²) in [6.45, 7) is 0. The number of hydrogen-bond acceptors (Lipinski definition) is 6. The molecule has 0 radical (unpaired) electrons. The van der Waals surface area contributed by atoms with Crippen LogP contribution in [0.2, 0.25) is 0 Å². The number of esters is 1. The molecule has 0 fully saturated rings. The van der Waals surface area contributed by atoms with Crippen molar-refractivity contribution in [2.24, 2.45) is 0 Å². The predicted octanol–water partition coefficient (Wildman–Crippen LogP) is 1.23. The molecule has 1 aromatic heterocycles. The van der Waals surface area contributed by atoms with Gasteiger partial charge in [-0.2, -0.15) is 0 Å². The molecule has 0 unspecified atom stereocenters. The number of nitro groups is 1. The van der Waals surface area contributed by atoms with Crippen LogP contribution in [0.5, 0.6) is 0 Å². The Balaban J connectivity index is 3.27. The van der Waals surface area contributed by atoms with Crippen LogP contribution in [0.1, 0.15) is 17.7 Å². The molecule has 2 N–H and O–H groups in total. The fraction of sp³-hybridized carbons (Fsp3) is 0.333. The normalized spacial score (nSPS) is 10.4. The number of alkyl halides is 2. The molecule has 0 saturated carbocycles. The van der Waals surface area contributed by atoms with Crippen LogP contribution in [-0.2, 0) is 16.0 Å². The monoisotopic (exact) mass is 261 g/mol. The van der Waals surface area contributed by atoms with Crippen molar-refractivity contribution in [1.82, 2.24) is 4.98 Å². The molecule has 0 spiro atoms. The Kier molecular flexibility index (Phi) is 4.08. The van der Waals surface area contributed by atoms with Crippen LogP contribution in [0.15, 0.2) is 6.07 Å². The van der Waals surface area contributed by atoms with Gasteiger partial charge in [0.1, 0.15) is 5.82 Å². The maximum absolute atomic E-state index is 12.5. The summed E-state index contributed by atoms with van der Waals surface area (Å²) < 4.78 is 29.4. The Morgan fingerprint density at radius 2 is 2.28 bits per heavy atom. The summed E-state index contributed by atoms with van der Waals surface area (Å²) in [6.07, 6.45) is -3.50. The molecule has 0 aromatic carbocycles. The molecular formula is C9H9F2N3O4. The number of aromatic nitrogens is 1. The van der Waals surface area contributed by atoms with E-state index in [0.717, 1.165) is 13.2 Å². The van der Waals surface area contributed by atoms with Gasteiger partial charge in [-0.05, 0) is 0 Å². The van der Waals surface area contributed by atoms with E-state index in [2.05, 4.69) is 9.72 Å². The maximum atomic E-state index is 12.5. The van der Waals surface area contributed by atoms with Crippen LogP contribution in [0, 0.1) is 10.1 Å². The average Bonchev–Trinajstić information content (AvgIpc) is 2.30. The van der Waals surface area contributed by atoms with Crippen molar-refractivity contribution in [2.45, 2.75) is 12.8 Å².